The Balaban J connectivity index is 1.50. The third kappa shape index (κ3) is 5.68. The van der Waals surface area contributed by atoms with Gasteiger partial charge in [0, 0.05) is 44.5 Å². The normalized spacial score (nSPS) is 23.1. The van der Waals surface area contributed by atoms with Crippen LogP contribution in [0.5, 0.6) is 5.75 Å². The molecule has 1 saturated carbocycles. The molecule has 0 spiro atoms. The van der Waals surface area contributed by atoms with Gasteiger partial charge in [-0.1, -0.05) is 31.4 Å². The molecule has 1 saturated heterocycles. The number of hydrogen-bond donors (Lipinski definition) is 2. The third-order valence-corrected chi connectivity index (χ3v) is 6.96. The van der Waals surface area contributed by atoms with E-state index in [1.807, 2.05) is 31.2 Å². The lowest BCUT2D eigenvalue weighted by atomic mass is 9.93. The summed E-state index contributed by atoms with van der Waals surface area (Å²) in [7, 11) is 1.38. The first-order valence-corrected chi connectivity index (χ1v) is 12.2. The maximum Gasteiger partial charge on any atom is 0.338 e. The van der Waals surface area contributed by atoms with E-state index in [9.17, 15) is 9.59 Å². The number of ether oxygens (including phenoxy) is 2. The van der Waals surface area contributed by atoms with E-state index in [1.165, 1.54) is 39.2 Å². The van der Waals surface area contributed by atoms with Gasteiger partial charge >= 0.3 is 12.0 Å². The van der Waals surface area contributed by atoms with E-state index in [2.05, 4.69) is 20.4 Å². The molecule has 1 aromatic rings. The molecule has 8 nitrogen and oxygen atoms in total. The molecule has 2 heterocycles. The maximum atomic E-state index is 12.8. The molecule has 180 valence electrons. The Kier molecular flexibility index (Phi) is 7.88. The van der Waals surface area contributed by atoms with Gasteiger partial charge in [0.2, 0.25) is 0 Å². The van der Waals surface area contributed by atoms with Crippen LogP contribution in [-0.4, -0.2) is 74.3 Å². The first kappa shape index (κ1) is 23.6. The van der Waals surface area contributed by atoms with Crippen molar-refractivity contribution in [1.82, 2.24) is 20.4 Å². The lowest BCUT2D eigenvalue weighted by molar-refractivity contribution is -0.136. The number of carbonyl (C=O) groups is 2. The molecule has 3 aliphatic rings. The zero-order valence-corrected chi connectivity index (χ0v) is 19.8. The number of urea groups is 1. The van der Waals surface area contributed by atoms with Gasteiger partial charge in [-0.3, -0.25) is 9.80 Å². The first-order valence-electron chi connectivity index (χ1n) is 12.2. The van der Waals surface area contributed by atoms with Crippen LogP contribution < -0.4 is 15.4 Å². The van der Waals surface area contributed by atoms with E-state index in [0.717, 1.165) is 37.5 Å². The second-order valence-corrected chi connectivity index (χ2v) is 9.02. The van der Waals surface area contributed by atoms with Crippen molar-refractivity contribution in [2.75, 3.05) is 46.4 Å². The molecule has 8 heteroatoms. The van der Waals surface area contributed by atoms with E-state index in [4.69, 9.17) is 9.47 Å². The molecule has 1 atom stereocenters. The number of carbonyl (C=O) groups excluding carboxylic acids is 2. The van der Waals surface area contributed by atoms with Crippen LogP contribution in [0.15, 0.2) is 35.5 Å². The van der Waals surface area contributed by atoms with Crippen molar-refractivity contribution in [3.05, 3.63) is 41.1 Å². The molecule has 2 amide bonds. The van der Waals surface area contributed by atoms with Crippen LogP contribution in [0.4, 0.5) is 4.79 Å². The highest BCUT2D eigenvalue weighted by Crippen LogP contribution is 2.30. The lowest BCUT2D eigenvalue weighted by Gasteiger charge is -2.41. The van der Waals surface area contributed by atoms with Crippen molar-refractivity contribution < 1.29 is 19.1 Å². The Morgan fingerprint density at radius 3 is 2.39 bits per heavy atom. The Morgan fingerprint density at radius 2 is 1.76 bits per heavy atom. The second kappa shape index (κ2) is 11.0. The summed E-state index contributed by atoms with van der Waals surface area (Å²) in [5.41, 5.74) is 1.89. The summed E-state index contributed by atoms with van der Waals surface area (Å²) in [5, 5.41) is 5.77. The minimum atomic E-state index is -0.569. The van der Waals surface area contributed by atoms with Crippen LogP contribution in [0.3, 0.4) is 0 Å². The summed E-state index contributed by atoms with van der Waals surface area (Å²) < 4.78 is 10.6. The van der Waals surface area contributed by atoms with Crippen molar-refractivity contribution in [3.63, 3.8) is 0 Å². The molecule has 1 aromatic carbocycles. The number of esters is 1. The minimum Gasteiger partial charge on any atom is -0.494 e. The van der Waals surface area contributed by atoms with E-state index in [1.54, 1.807) is 0 Å². The van der Waals surface area contributed by atoms with Gasteiger partial charge < -0.3 is 20.1 Å². The van der Waals surface area contributed by atoms with E-state index < -0.39 is 12.0 Å². The van der Waals surface area contributed by atoms with Crippen LogP contribution in [-0.2, 0) is 9.53 Å². The molecule has 1 aliphatic carbocycles. The van der Waals surface area contributed by atoms with Gasteiger partial charge in [0.15, 0.2) is 0 Å². The van der Waals surface area contributed by atoms with Crippen molar-refractivity contribution in [2.45, 2.75) is 51.1 Å². The summed E-state index contributed by atoms with van der Waals surface area (Å²) in [4.78, 5) is 30.3. The number of piperazine rings is 1. The van der Waals surface area contributed by atoms with Gasteiger partial charge in [-0.15, -0.1) is 0 Å². The molecule has 2 N–H and O–H groups in total. The Morgan fingerprint density at radius 1 is 1.06 bits per heavy atom. The topological polar surface area (TPSA) is 83.1 Å². The first-order chi connectivity index (χ1) is 16.1. The van der Waals surface area contributed by atoms with Gasteiger partial charge in [0.05, 0.1) is 25.3 Å². The number of nitrogens with one attached hydrogen (secondary N) is 2. The zero-order valence-electron chi connectivity index (χ0n) is 19.8. The molecule has 0 radical (unpaired) electrons. The molecule has 2 fully saturated rings. The van der Waals surface area contributed by atoms with Crippen molar-refractivity contribution in [1.29, 1.82) is 0 Å². The third-order valence-electron chi connectivity index (χ3n) is 6.96. The Bertz CT molecular complexity index is 856. The Hall–Kier alpha value is -2.58. The molecular formula is C25H36N4O4. The fraction of sp³-hybridized carbons (Fsp3) is 0.600. The van der Waals surface area contributed by atoms with Gasteiger partial charge in [-0.25, -0.2) is 9.59 Å². The van der Waals surface area contributed by atoms with Crippen molar-refractivity contribution in [2.24, 2.45) is 0 Å². The predicted octanol–water partition coefficient (Wildman–Crippen LogP) is 2.82. The van der Waals surface area contributed by atoms with Crippen LogP contribution >= 0.6 is 0 Å². The second-order valence-electron chi connectivity index (χ2n) is 9.02. The van der Waals surface area contributed by atoms with Gasteiger partial charge in [-0.2, -0.15) is 0 Å². The van der Waals surface area contributed by atoms with Crippen molar-refractivity contribution in [3.8, 4) is 5.75 Å². The largest absolute Gasteiger partial charge is 0.494 e. The number of amides is 2. The molecule has 2 aliphatic heterocycles. The average molecular weight is 457 g/mol. The zero-order chi connectivity index (χ0) is 23.2. The number of benzene rings is 1. The average Bonchev–Trinajstić information content (AvgIpc) is 2.85. The van der Waals surface area contributed by atoms with E-state index in [0.29, 0.717) is 30.5 Å². The minimum absolute atomic E-state index is 0.308. The summed E-state index contributed by atoms with van der Waals surface area (Å²) in [6.45, 7) is 6.93. The molecule has 33 heavy (non-hydrogen) atoms. The van der Waals surface area contributed by atoms with Gasteiger partial charge in [-0.05, 0) is 37.5 Å². The predicted molar refractivity (Wildman–Crippen MR) is 126 cm³/mol. The summed E-state index contributed by atoms with van der Waals surface area (Å²) in [6, 6.07) is 7.30. The Labute approximate surface area is 196 Å². The van der Waals surface area contributed by atoms with Crippen LogP contribution in [0.2, 0.25) is 0 Å². The number of methoxy groups -OCH3 is 1. The highest BCUT2D eigenvalue weighted by molar-refractivity contribution is 5.95. The van der Waals surface area contributed by atoms with Crippen LogP contribution in [0.1, 0.15) is 50.6 Å². The fourth-order valence-electron chi connectivity index (χ4n) is 5.22. The number of hydrogen-bond acceptors (Lipinski definition) is 6. The number of nitrogens with zero attached hydrogens (tertiary/aromatic N) is 2. The summed E-state index contributed by atoms with van der Waals surface area (Å²) in [5.74, 6) is 0.318. The molecule has 4 rings (SSSR count). The summed E-state index contributed by atoms with van der Waals surface area (Å²) >= 11 is 0. The highest BCUT2D eigenvalue weighted by atomic mass is 16.5. The van der Waals surface area contributed by atoms with Gasteiger partial charge in [0.25, 0.3) is 0 Å². The maximum absolute atomic E-state index is 12.8. The highest BCUT2D eigenvalue weighted by Gasteiger charge is 2.35. The summed E-state index contributed by atoms with van der Waals surface area (Å²) in [6.07, 6.45) is 6.66. The molecule has 0 bridgehead atoms. The van der Waals surface area contributed by atoms with E-state index >= 15 is 0 Å². The van der Waals surface area contributed by atoms with E-state index in [-0.39, 0.29) is 6.03 Å². The van der Waals surface area contributed by atoms with Crippen LogP contribution in [0.25, 0.3) is 0 Å². The van der Waals surface area contributed by atoms with Crippen LogP contribution in [0, 0.1) is 0 Å². The van der Waals surface area contributed by atoms with Crippen molar-refractivity contribution >= 4 is 12.0 Å². The smallest absolute Gasteiger partial charge is 0.338 e. The number of rotatable bonds is 7. The lowest BCUT2D eigenvalue weighted by Crippen LogP contribution is -2.53. The quantitative estimate of drug-likeness (QED) is 0.614. The SMILES string of the molecule is CCOc1ccc(C2NC(=O)NC(CN3CCN(C4CCCCC4)CC3)=C2C(=O)OC)cc1. The molecule has 0 aromatic heterocycles. The molecule has 1 unspecified atom stereocenters. The monoisotopic (exact) mass is 456 g/mol. The van der Waals surface area contributed by atoms with Gasteiger partial charge in [0.1, 0.15) is 5.75 Å². The molecular weight excluding hydrogens is 420 g/mol. The standard InChI is InChI=1S/C25H36N4O4/c1-3-33-20-11-9-18(10-12-20)23-22(24(30)32-2)21(26-25(31)27-23)17-28-13-15-29(16-14-28)19-7-5-4-6-8-19/h9-12,19,23H,3-8,13-17H2,1-2H3,(H2,26,27,31). The fourth-order valence-corrected chi connectivity index (χ4v) is 5.22.